The SMILES string of the molecule is CCC(C)n1ccc(CN2CC3CCCC(N)C3C2)n1. The lowest BCUT2D eigenvalue weighted by Crippen LogP contribution is -2.38. The van der Waals surface area contributed by atoms with Gasteiger partial charge in [-0.1, -0.05) is 13.3 Å². The molecule has 2 fully saturated rings. The fourth-order valence-corrected chi connectivity index (χ4v) is 3.86. The Hall–Kier alpha value is -0.870. The van der Waals surface area contributed by atoms with E-state index in [0.29, 0.717) is 12.1 Å². The van der Waals surface area contributed by atoms with Crippen LogP contribution in [0.25, 0.3) is 0 Å². The normalized spacial score (nSPS) is 32.2. The van der Waals surface area contributed by atoms with Crippen LogP contribution in [0.5, 0.6) is 0 Å². The molecule has 4 unspecified atom stereocenters. The first kappa shape index (κ1) is 14.1. The number of fused-ring (bicyclic) bond motifs is 1. The summed E-state index contributed by atoms with van der Waals surface area (Å²) in [5.41, 5.74) is 7.50. The molecule has 112 valence electrons. The molecule has 3 rings (SSSR count). The molecule has 2 N–H and O–H groups in total. The predicted molar refractivity (Wildman–Crippen MR) is 81.3 cm³/mol. The van der Waals surface area contributed by atoms with E-state index in [-0.39, 0.29) is 0 Å². The maximum absolute atomic E-state index is 6.29. The van der Waals surface area contributed by atoms with E-state index in [4.69, 9.17) is 10.8 Å². The number of likely N-dealkylation sites (tertiary alicyclic amines) is 1. The Balaban J connectivity index is 1.60. The largest absolute Gasteiger partial charge is 0.327 e. The van der Waals surface area contributed by atoms with Gasteiger partial charge in [-0.05, 0) is 44.1 Å². The molecule has 0 aromatic carbocycles. The standard InChI is InChI=1S/C16H28N4/c1-3-12(2)20-8-7-14(18-20)10-19-9-13-5-4-6-16(17)15(13)11-19/h7-8,12-13,15-16H,3-6,9-11,17H2,1-2H3. The Labute approximate surface area is 122 Å². The third-order valence-corrected chi connectivity index (χ3v) is 5.32. The van der Waals surface area contributed by atoms with Gasteiger partial charge >= 0.3 is 0 Å². The van der Waals surface area contributed by atoms with Crippen LogP contribution >= 0.6 is 0 Å². The second-order valence-electron chi connectivity index (χ2n) is 6.76. The van der Waals surface area contributed by atoms with E-state index in [0.717, 1.165) is 24.8 Å². The molecule has 4 heteroatoms. The fourth-order valence-electron chi connectivity index (χ4n) is 3.86. The van der Waals surface area contributed by atoms with Crippen LogP contribution in [0.4, 0.5) is 0 Å². The minimum Gasteiger partial charge on any atom is -0.327 e. The lowest BCUT2D eigenvalue weighted by atomic mass is 9.78. The van der Waals surface area contributed by atoms with Gasteiger partial charge in [-0.2, -0.15) is 5.10 Å². The van der Waals surface area contributed by atoms with Crippen LogP contribution in [0.15, 0.2) is 12.3 Å². The Morgan fingerprint density at radius 3 is 3.00 bits per heavy atom. The molecule has 0 bridgehead atoms. The van der Waals surface area contributed by atoms with Crippen molar-refractivity contribution in [1.29, 1.82) is 0 Å². The molecule has 1 aromatic heterocycles. The van der Waals surface area contributed by atoms with Gasteiger partial charge in [0.15, 0.2) is 0 Å². The fraction of sp³-hybridized carbons (Fsp3) is 0.812. The highest BCUT2D eigenvalue weighted by atomic mass is 15.3. The van der Waals surface area contributed by atoms with E-state index in [1.807, 2.05) is 0 Å². The zero-order valence-electron chi connectivity index (χ0n) is 12.8. The Morgan fingerprint density at radius 2 is 2.25 bits per heavy atom. The van der Waals surface area contributed by atoms with Gasteiger partial charge in [-0.15, -0.1) is 0 Å². The number of rotatable bonds is 4. The van der Waals surface area contributed by atoms with E-state index in [1.165, 1.54) is 38.0 Å². The summed E-state index contributed by atoms with van der Waals surface area (Å²) in [6, 6.07) is 3.10. The summed E-state index contributed by atoms with van der Waals surface area (Å²) in [4.78, 5) is 2.56. The average Bonchev–Trinajstić information content (AvgIpc) is 3.05. The van der Waals surface area contributed by atoms with E-state index >= 15 is 0 Å². The summed E-state index contributed by atoms with van der Waals surface area (Å²) in [7, 11) is 0. The number of aromatic nitrogens is 2. The molecule has 2 heterocycles. The molecule has 0 spiro atoms. The van der Waals surface area contributed by atoms with Crippen LogP contribution in [0.3, 0.4) is 0 Å². The first-order valence-electron chi connectivity index (χ1n) is 8.19. The number of nitrogens with zero attached hydrogens (tertiary/aromatic N) is 3. The van der Waals surface area contributed by atoms with Gasteiger partial charge in [0.25, 0.3) is 0 Å². The smallest absolute Gasteiger partial charge is 0.0764 e. The number of hydrogen-bond acceptors (Lipinski definition) is 3. The molecule has 1 saturated carbocycles. The van der Waals surface area contributed by atoms with Gasteiger partial charge in [0.2, 0.25) is 0 Å². The van der Waals surface area contributed by atoms with Crippen LogP contribution < -0.4 is 5.73 Å². The summed E-state index contributed by atoms with van der Waals surface area (Å²) in [5.74, 6) is 1.55. The van der Waals surface area contributed by atoms with E-state index in [2.05, 4.69) is 35.7 Å². The van der Waals surface area contributed by atoms with E-state index in [9.17, 15) is 0 Å². The van der Waals surface area contributed by atoms with Crippen LogP contribution in [-0.4, -0.2) is 33.8 Å². The molecule has 1 aliphatic heterocycles. The Kier molecular flexibility index (Phi) is 4.13. The molecule has 0 amide bonds. The molecule has 1 saturated heterocycles. The molecule has 1 aliphatic carbocycles. The average molecular weight is 276 g/mol. The number of hydrogen-bond donors (Lipinski definition) is 1. The zero-order valence-corrected chi connectivity index (χ0v) is 12.8. The second-order valence-corrected chi connectivity index (χ2v) is 6.76. The highest BCUT2D eigenvalue weighted by molar-refractivity contribution is 5.02. The lowest BCUT2D eigenvalue weighted by molar-refractivity contribution is 0.259. The summed E-state index contributed by atoms with van der Waals surface area (Å²) < 4.78 is 2.10. The van der Waals surface area contributed by atoms with Crippen molar-refractivity contribution in [2.75, 3.05) is 13.1 Å². The van der Waals surface area contributed by atoms with Gasteiger partial charge in [0, 0.05) is 37.9 Å². The van der Waals surface area contributed by atoms with Gasteiger partial charge in [0.1, 0.15) is 0 Å². The highest BCUT2D eigenvalue weighted by Gasteiger charge is 2.38. The summed E-state index contributed by atoms with van der Waals surface area (Å²) in [6.07, 6.45) is 7.16. The lowest BCUT2D eigenvalue weighted by Gasteiger charge is -2.29. The third-order valence-electron chi connectivity index (χ3n) is 5.32. The van der Waals surface area contributed by atoms with Crippen LogP contribution in [0.1, 0.15) is 51.3 Å². The first-order valence-corrected chi connectivity index (χ1v) is 8.19. The predicted octanol–water partition coefficient (Wildman–Crippen LogP) is 2.41. The van der Waals surface area contributed by atoms with Crippen LogP contribution in [-0.2, 0) is 6.54 Å². The van der Waals surface area contributed by atoms with Crippen molar-refractivity contribution in [1.82, 2.24) is 14.7 Å². The monoisotopic (exact) mass is 276 g/mol. The van der Waals surface area contributed by atoms with Crippen molar-refractivity contribution in [2.24, 2.45) is 17.6 Å². The van der Waals surface area contributed by atoms with Crippen molar-refractivity contribution in [3.8, 4) is 0 Å². The van der Waals surface area contributed by atoms with Gasteiger partial charge in [-0.3, -0.25) is 9.58 Å². The molecule has 2 aliphatic rings. The van der Waals surface area contributed by atoms with Crippen LogP contribution in [0, 0.1) is 11.8 Å². The summed E-state index contributed by atoms with van der Waals surface area (Å²) >= 11 is 0. The minimum atomic E-state index is 0.427. The molecule has 20 heavy (non-hydrogen) atoms. The van der Waals surface area contributed by atoms with Gasteiger partial charge in [0.05, 0.1) is 5.69 Å². The van der Waals surface area contributed by atoms with Crippen molar-refractivity contribution < 1.29 is 0 Å². The van der Waals surface area contributed by atoms with Crippen molar-refractivity contribution in [2.45, 2.75) is 58.2 Å². The summed E-state index contributed by atoms with van der Waals surface area (Å²) in [5, 5.41) is 4.72. The maximum atomic E-state index is 6.29. The Bertz CT molecular complexity index is 441. The quantitative estimate of drug-likeness (QED) is 0.918. The van der Waals surface area contributed by atoms with Crippen LogP contribution in [0.2, 0.25) is 0 Å². The molecular formula is C16H28N4. The molecular weight excluding hydrogens is 248 g/mol. The van der Waals surface area contributed by atoms with Crippen molar-refractivity contribution in [3.05, 3.63) is 18.0 Å². The third kappa shape index (κ3) is 2.77. The first-order chi connectivity index (χ1) is 9.67. The maximum Gasteiger partial charge on any atom is 0.0764 e. The molecule has 0 radical (unpaired) electrons. The highest BCUT2D eigenvalue weighted by Crippen LogP contribution is 2.35. The Morgan fingerprint density at radius 1 is 1.40 bits per heavy atom. The molecule has 1 aromatic rings. The summed E-state index contributed by atoms with van der Waals surface area (Å²) in [6.45, 7) is 7.80. The zero-order chi connectivity index (χ0) is 14.1. The van der Waals surface area contributed by atoms with Crippen molar-refractivity contribution in [3.63, 3.8) is 0 Å². The van der Waals surface area contributed by atoms with E-state index < -0.39 is 0 Å². The van der Waals surface area contributed by atoms with Gasteiger partial charge < -0.3 is 5.73 Å². The topological polar surface area (TPSA) is 47.1 Å². The molecule has 4 nitrogen and oxygen atoms in total. The minimum absolute atomic E-state index is 0.427. The molecule has 4 atom stereocenters. The second kappa shape index (κ2) is 5.86. The van der Waals surface area contributed by atoms with Crippen molar-refractivity contribution >= 4 is 0 Å². The van der Waals surface area contributed by atoms with Gasteiger partial charge in [-0.25, -0.2) is 0 Å². The number of nitrogens with two attached hydrogens (primary N) is 1. The van der Waals surface area contributed by atoms with E-state index in [1.54, 1.807) is 0 Å².